The zero-order chi connectivity index (χ0) is 37.4. The molecule has 3 aromatic carbocycles. The van der Waals surface area contributed by atoms with Crippen molar-refractivity contribution in [1.29, 1.82) is 0 Å². The zero-order valence-electron chi connectivity index (χ0n) is 29.2. The van der Waals surface area contributed by atoms with Gasteiger partial charge in [-0.15, -0.1) is 5.10 Å². The minimum absolute atomic E-state index is 0.00332. The summed E-state index contributed by atoms with van der Waals surface area (Å²) < 4.78 is 53.6. The van der Waals surface area contributed by atoms with Crippen LogP contribution in [0.15, 0.2) is 72.0 Å². The quantitative estimate of drug-likeness (QED) is 0.0706. The van der Waals surface area contributed by atoms with E-state index in [0.717, 1.165) is 28.2 Å². The molecule has 52 heavy (non-hydrogen) atoms. The van der Waals surface area contributed by atoms with Crippen LogP contribution < -0.4 is 29.1 Å². The zero-order valence-corrected chi connectivity index (χ0v) is 30.0. The molecule has 0 bridgehead atoms. The Balaban J connectivity index is 1.44. The third-order valence-corrected chi connectivity index (χ3v) is 8.54. The fourth-order valence-corrected chi connectivity index (χ4v) is 4.79. The molecule has 5 aromatic rings. The summed E-state index contributed by atoms with van der Waals surface area (Å²) in [5.41, 5.74) is -0.462. The van der Waals surface area contributed by atoms with Crippen LogP contribution >= 0.6 is 11.8 Å². The van der Waals surface area contributed by atoms with Crippen molar-refractivity contribution in [3.63, 3.8) is 0 Å². The van der Waals surface area contributed by atoms with Crippen molar-refractivity contribution < 1.29 is 42.2 Å². The monoisotopic (exact) mass is 734 g/mol. The molecule has 2 heterocycles. The van der Waals surface area contributed by atoms with Crippen molar-refractivity contribution in [1.82, 2.24) is 25.1 Å². The maximum atomic E-state index is 15.6. The molecule has 272 valence electrons. The number of hydrogen-bond donors (Lipinski definition) is 1. The molecular weight excluding hydrogens is 698 g/mol. The smallest absolute Gasteiger partial charge is 0.340 e. The first kappa shape index (κ1) is 37.5. The Bertz CT molecular complexity index is 1970. The summed E-state index contributed by atoms with van der Waals surface area (Å²) in [4.78, 5) is 41.1. The number of benzene rings is 3. The average molecular weight is 735 g/mol. The summed E-state index contributed by atoms with van der Waals surface area (Å²) in [6.07, 6.45) is 3.38. The van der Waals surface area contributed by atoms with E-state index in [4.69, 9.17) is 23.8 Å². The van der Waals surface area contributed by atoms with E-state index in [-0.39, 0.29) is 47.0 Å². The van der Waals surface area contributed by atoms with Gasteiger partial charge in [-0.1, -0.05) is 47.8 Å². The number of thioether (sulfide) groups is 1. The van der Waals surface area contributed by atoms with Crippen molar-refractivity contribution >= 4 is 29.3 Å². The summed E-state index contributed by atoms with van der Waals surface area (Å²) in [5.74, 6) is -3.21. The van der Waals surface area contributed by atoms with Gasteiger partial charge in [0.25, 0.3) is 5.91 Å². The van der Waals surface area contributed by atoms with Gasteiger partial charge in [0.2, 0.25) is 11.8 Å². The number of ether oxygens (including phenoxy) is 4. The number of carbonyl (C=O) groups excluding carboxylic acids is 2. The van der Waals surface area contributed by atoms with Crippen molar-refractivity contribution in [2.45, 2.75) is 45.6 Å². The van der Waals surface area contributed by atoms with Crippen molar-refractivity contribution in [3.05, 3.63) is 95.2 Å². The minimum atomic E-state index is -1.38. The lowest BCUT2D eigenvalue weighted by Gasteiger charge is -2.18. The molecule has 0 aliphatic carbocycles. The molecule has 0 aliphatic rings. The number of nitrogens with one attached hydrogen (secondary N) is 1. The topological polar surface area (TPSA) is 149 Å². The van der Waals surface area contributed by atoms with E-state index in [1.54, 1.807) is 82.9 Å². The number of carbonyl (C=O) groups is 2. The van der Waals surface area contributed by atoms with E-state index in [0.29, 0.717) is 17.9 Å². The number of halogens is 2. The van der Waals surface area contributed by atoms with Gasteiger partial charge in [0.05, 0.1) is 31.5 Å². The van der Waals surface area contributed by atoms with Gasteiger partial charge >= 0.3 is 5.97 Å². The Labute approximate surface area is 302 Å². The van der Waals surface area contributed by atoms with Gasteiger partial charge < -0.3 is 29.1 Å². The Kier molecular flexibility index (Phi) is 11.9. The van der Waals surface area contributed by atoms with E-state index >= 15 is 8.78 Å². The van der Waals surface area contributed by atoms with Gasteiger partial charge in [0, 0.05) is 5.56 Å². The summed E-state index contributed by atoms with van der Waals surface area (Å²) in [5, 5.41) is 10.2. The molecule has 0 saturated heterocycles. The summed E-state index contributed by atoms with van der Waals surface area (Å²) in [6.45, 7) is 5.22. The van der Waals surface area contributed by atoms with Crippen LogP contribution in [-0.2, 0) is 18.0 Å². The molecular formula is C36H36F2N6O7S. The Hall–Kier alpha value is -5.77. The predicted molar refractivity (Wildman–Crippen MR) is 187 cm³/mol. The van der Waals surface area contributed by atoms with Gasteiger partial charge in [-0.3, -0.25) is 4.79 Å². The van der Waals surface area contributed by atoms with Gasteiger partial charge in [0.15, 0.2) is 22.4 Å². The Morgan fingerprint density at radius 1 is 0.846 bits per heavy atom. The largest absolute Gasteiger partial charge is 0.497 e. The number of rotatable bonds is 15. The molecule has 0 saturated carbocycles. The lowest BCUT2D eigenvalue weighted by atomic mass is 9.91. The summed E-state index contributed by atoms with van der Waals surface area (Å²) in [7, 11) is 3.10. The first-order chi connectivity index (χ1) is 25.0. The number of aromatic nitrogens is 5. The molecule has 0 atom stereocenters. The predicted octanol–water partition coefficient (Wildman–Crippen LogP) is 6.55. The molecule has 0 fully saturated rings. The van der Waals surface area contributed by atoms with Crippen LogP contribution in [0.2, 0.25) is 0 Å². The van der Waals surface area contributed by atoms with Gasteiger partial charge in [-0.25, -0.2) is 13.6 Å². The third kappa shape index (κ3) is 8.74. The number of nitrogens with zero attached hydrogens (tertiary/aromatic N) is 5. The van der Waals surface area contributed by atoms with Crippen LogP contribution in [-0.4, -0.2) is 57.5 Å². The van der Waals surface area contributed by atoms with Crippen LogP contribution in [0.3, 0.4) is 0 Å². The van der Waals surface area contributed by atoms with Crippen LogP contribution in [0.4, 0.5) is 14.5 Å². The molecule has 16 heteroatoms. The molecule has 5 rings (SSSR count). The van der Waals surface area contributed by atoms with E-state index in [1.807, 2.05) is 6.92 Å². The molecule has 0 unspecified atom stereocenters. The van der Waals surface area contributed by atoms with Crippen LogP contribution in [0.5, 0.6) is 23.3 Å². The second kappa shape index (κ2) is 16.5. The summed E-state index contributed by atoms with van der Waals surface area (Å²) in [6, 6.07) is 16.5. The first-order valence-electron chi connectivity index (χ1n) is 15.9. The lowest BCUT2D eigenvalue weighted by Crippen LogP contribution is -2.33. The van der Waals surface area contributed by atoms with Crippen molar-refractivity contribution in [2.75, 3.05) is 25.8 Å². The maximum absolute atomic E-state index is 15.6. The van der Waals surface area contributed by atoms with Crippen LogP contribution in [0, 0.1) is 17.0 Å². The van der Waals surface area contributed by atoms with Crippen LogP contribution in [0.1, 0.15) is 48.7 Å². The molecule has 1 N–H and O–H groups in total. The highest BCUT2D eigenvalue weighted by atomic mass is 32.2. The van der Waals surface area contributed by atoms with E-state index in [2.05, 4.69) is 25.6 Å². The highest BCUT2D eigenvalue weighted by Crippen LogP contribution is 2.33. The average Bonchev–Trinajstić information content (AvgIpc) is 3.62. The van der Waals surface area contributed by atoms with Gasteiger partial charge in [-0.2, -0.15) is 9.97 Å². The molecule has 1 amide bonds. The highest BCUT2D eigenvalue weighted by molar-refractivity contribution is 7.98. The lowest BCUT2D eigenvalue weighted by molar-refractivity contribution is -0.156. The summed E-state index contributed by atoms with van der Waals surface area (Å²) >= 11 is 1.19. The van der Waals surface area contributed by atoms with E-state index < -0.39 is 34.6 Å². The first-order valence-corrected chi connectivity index (χ1v) is 17.1. The molecule has 0 radical (unpaired) electrons. The van der Waals surface area contributed by atoms with E-state index in [1.165, 1.54) is 17.8 Å². The van der Waals surface area contributed by atoms with Gasteiger partial charge in [0.1, 0.15) is 30.4 Å². The number of amides is 1. The fraction of sp³-hybridized carbons (Fsp3) is 0.278. The Morgan fingerprint density at radius 3 is 1.90 bits per heavy atom. The minimum Gasteiger partial charge on any atom is -0.497 e. The molecule has 2 aromatic heterocycles. The van der Waals surface area contributed by atoms with Crippen molar-refractivity contribution in [2.24, 2.45) is 5.41 Å². The third-order valence-electron chi connectivity index (χ3n) is 7.99. The molecule has 0 spiro atoms. The second-order valence-electron chi connectivity index (χ2n) is 11.8. The number of hydrogen-bond acceptors (Lipinski definition) is 12. The Morgan fingerprint density at radius 2 is 1.40 bits per heavy atom. The molecule has 0 aliphatic heterocycles. The standard InChI is InChI=1S/C36H36F2N6O7S/c1-7-36(2,3)34(46)51-44-18-27(42-43-44)25-16-17-26(30(38)29(25)37)39-31(45)28-32(49-19-21-8-12-23(47-4)13-9-21)40-35(52-6)41-33(28)50-20-22-10-14-24(48-5)15-11-22/h8-18H,7,19-20H2,1-6H3,(H,39,45). The fourth-order valence-electron chi connectivity index (χ4n) is 4.44. The maximum Gasteiger partial charge on any atom is 0.340 e. The van der Waals surface area contributed by atoms with Crippen LogP contribution in [0.25, 0.3) is 11.3 Å². The number of anilines is 1. The highest BCUT2D eigenvalue weighted by Gasteiger charge is 2.30. The van der Waals surface area contributed by atoms with Crippen molar-refractivity contribution in [3.8, 4) is 34.5 Å². The molecule has 13 nitrogen and oxygen atoms in total. The van der Waals surface area contributed by atoms with Gasteiger partial charge in [-0.05, 0) is 79.3 Å². The number of methoxy groups -OCH3 is 2. The SMILES string of the molecule is CCC(C)(C)C(=O)On1cc(-c2ccc(NC(=O)c3c(OCc4ccc(OC)cc4)nc(SC)nc3OCc3ccc(OC)cc3)c(F)c2F)nn1. The second-order valence-corrected chi connectivity index (χ2v) is 12.6. The normalized spacial score (nSPS) is 11.2. The van der Waals surface area contributed by atoms with E-state index in [9.17, 15) is 9.59 Å².